The smallest absolute Gasteiger partial charge is 0.255 e. The largest absolute Gasteiger partial charge is 0.504 e. The van der Waals surface area contributed by atoms with E-state index < -0.39 is 5.91 Å². The number of rotatable bonds is 8. The van der Waals surface area contributed by atoms with Crippen molar-refractivity contribution in [2.45, 2.75) is 6.42 Å². The Balaban J connectivity index is 2.42. The molecule has 7 heteroatoms. The predicted molar refractivity (Wildman–Crippen MR) is 76.5 cm³/mol. The number of carbonyl (C=O) groups is 2. The molecule has 3 N–H and O–H groups in total. The monoisotopic (exact) mass is 296 g/mol. The molecule has 0 aliphatic heterocycles. The summed E-state index contributed by atoms with van der Waals surface area (Å²) in [5.41, 5.74) is 0.106. The molecular weight excluding hydrogens is 276 g/mol. The standard InChI is InChI=1S/C14H20N2O5/c1-20-9-8-15-12(17)6-7-16-14(19)10-4-3-5-11(21-2)13(10)18/h3-5,18H,6-9H2,1-2H3,(H,15,17)(H,16,19). The molecule has 0 radical (unpaired) electrons. The zero-order chi connectivity index (χ0) is 15.7. The van der Waals surface area contributed by atoms with Gasteiger partial charge in [0, 0.05) is 26.6 Å². The first-order chi connectivity index (χ1) is 10.1. The summed E-state index contributed by atoms with van der Waals surface area (Å²) in [7, 11) is 2.95. The van der Waals surface area contributed by atoms with Crippen LogP contribution in [0.3, 0.4) is 0 Å². The van der Waals surface area contributed by atoms with E-state index >= 15 is 0 Å². The maximum absolute atomic E-state index is 11.9. The lowest BCUT2D eigenvalue weighted by Gasteiger charge is -2.09. The van der Waals surface area contributed by atoms with Crippen molar-refractivity contribution in [3.63, 3.8) is 0 Å². The molecule has 0 saturated carbocycles. The lowest BCUT2D eigenvalue weighted by molar-refractivity contribution is -0.121. The number of hydrogen-bond acceptors (Lipinski definition) is 5. The highest BCUT2D eigenvalue weighted by Gasteiger charge is 2.14. The van der Waals surface area contributed by atoms with Gasteiger partial charge in [0.1, 0.15) is 0 Å². The number of methoxy groups -OCH3 is 2. The van der Waals surface area contributed by atoms with Gasteiger partial charge in [-0.3, -0.25) is 9.59 Å². The number of hydrogen-bond donors (Lipinski definition) is 3. The minimum absolute atomic E-state index is 0.106. The molecule has 0 aliphatic rings. The quantitative estimate of drug-likeness (QED) is 0.599. The number of aromatic hydroxyl groups is 1. The minimum Gasteiger partial charge on any atom is -0.504 e. The van der Waals surface area contributed by atoms with Crippen LogP contribution in [0.25, 0.3) is 0 Å². The topological polar surface area (TPSA) is 96.9 Å². The van der Waals surface area contributed by atoms with Crippen molar-refractivity contribution in [2.24, 2.45) is 0 Å². The molecule has 0 heterocycles. The van der Waals surface area contributed by atoms with Crippen LogP contribution in [0.2, 0.25) is 0 Å². The first-order valence-corrected chi connectivity index (χ1v) is 6.50. The molecule has 21 heavy (non-hydrogen) atoms. The second-order valence-corrected chi connectivity index (χ2v) is 4.21. The highest BCUT2D eigenvalue weighted by atomic mass is 16.5. The predicted octanol–water partition coefficient (Wildman–Crippen LogP) is 0.283. The number of ether oxygens (including phenoxy) is 2. The number of carbonyl (C=O) groups excluding carboxylic acids is 2. The van der Waals surface area contributed by atoms with Crippen LogP contribution in [-0.4, -0.2) is 50.8 Å². The molecule has 0 spiro atoms. The molecule has 0 saturated heterocycles. The summed E-state index contributed by atoms with van der Waals surface area (Å²) in [5.74, 6) is -0.639. The van der Waals surface area contributed by atoms with Gasteiger partial charge in [-0.25, -0.2) is 0 Å². The molecule has 1 aromatic rings. The van der Waals surface area contributed by atoms with Gasteiger partial charge in [0.25, 0.3) is 5.91 Å². The number of phenolic OH excluding ortho intramolecular Hbond substituents is 1. The van der Waals surface area contributed by atoms with Crippen molar-refractivity contribution in [1.82, 2.24) is 10.6 Å². The van der Waals surface area contributed by atoms with Crippen molar-refractivity contribution in [3.05, 3.63) is 23.8 Å². The van der Waals surface area contributed by atoms with Gasteiger partial charge in [-0.15, -0.1) is 0 Å². The Morgan fingerprint density at radius 1 is 1.19 bits per heavy atom. The zero-order valence-corrected chi connectivity index (χ0v) is 12.1. The molecule has 116 valence electrons. The molecule has 0 bridgehead atoms. The van der Waals surface area contributed by atoms with E-state index in [-0.39, 0.29) is 35.9 Å². The Hall–Kier alpha value is -2.28. The van der Waals surface area contributed by atoms with Gasteiger partial charge in [0.2, 0.25) is 5.91 Å². The minimum atomic E-state index is -0.462. The van der Waals surface area contributed by atoms with Crippen molar-refractivity contribution >= 4 is 11.8 Å². The summed E-state index contributed by atoms with van der Waals surface area (Å²) in [5, 5.41) is 15.0. The van der Waals surface area contributed by atoms with E-state index in [1.54, 1.807) is 19.2 Å². The van der Waals surface area contributed by atoms with E-state index in [0.717, 1.165) is 0 Å². The van der Waals surface area contributed by atoms with Gasteiger partial charge in [-0.1, -0.05) is 6.07 Å². The SMILES string of the molecule is COCCNC(=O)CCNC(=O)c1cccc(OC)c1O. The molecule has 0 aliphatic carbocycles. The van der Waals surface area contributed by atoms with Gasteiger partial charge in [-0.2, -0.15) is 0 Å². The molecule has 0 aromatic heterocycles. The summed E-state index contributed by atoms with van der Waals surface area (Å²) in [6.07, 6.45) is 0.153. The molecule has 0 atom stereocenters. The molecule has 1 rings (SSSR count). The lowest BCUT2D eigenvalue weighted by Crippen LogP contribution is -2.32. The zero-order valence-electron chi connectivity index (χ0n) is 12.1. The number of nitrogens with one attached hydrogen (secondary N) is 2. The van der Waals surface area contributed by atoms with Crippen LogP contribution in [0, 0.1) is 0 Å². The van der Waals surface area contributed by atoms with Gasteiger partial charge >= 0.3 is 0 Å². The van der Waals surface area contributed by atoms with Crippen LogP contribution in [-0.2, 0) is 9.53 Å². The first-order valence-electron chi connectivity index (χ1n) is 6.50. The average Bonchev–Trinajstić information content (AvgIpc) is 2.47. The van der Waals surface area contributed by atoms with Gasteiger partial charge in [0.15, 0.2) is 11.5 Å². The fraction of sp³-hybridized carbons (Fsp3) is 0.429. The van der Waals surface area contributed by atoms with E-state index in [9.17, 15) is 14.7 Å². The van der Waals surface area contributed by atoms with E-state index in [1.807, 2.05) is 0 Å². The Morgan fingerprint density at radius 3 is 2.62 bits per heavy atom. The Morgan fingerprint density at radius 2 is 1.95 bits per heavy atom. The molecule has 0 fully saturated rings. The summed E-state index contributed by atoms with van der Waals surface area (Å²) >= 11 is 0. The lowest BCUT2D eigenvalue weighted by atomic mass is 10.1. The van der Waals surface area contributed by atoms with E-state index in [0.29, 0.717) is 13.2 Å². The summed E-state index contributed by atoms with van der Waals surface area (Å²) in [6.45, 7) is 1.05. The van der Waals surface area contributed by atoms with Gasteiger partial charge < -0.3 is 25.2 Å². The normalized spacial score (nSPS) is 10.0. The number of benzene rings is 1. The second kappa shape index (κ2) is 8.80. The Kier molecular flexibility index (Phi) is 7.03. The van der Waals surface area contributed by atoms with E-state index in [2.05, 4.69) is 10.6 Å². The van der Waals surface area contributed by atoms with Gasteiger partial charge in [0.05, 0.1) is 19.3 Å². The second-order valence-electron chi connectivity index (χ2n) is 4.21. The summed E-state index contributed by atoms with van der Waals surface area (Å²) in [4.78, 5) is 23.3. The number of phenols is 1. The maximum atomic E-state index is 11.9. The van der Waals surface area contributed by atoms with Crippen LogP contribution >= 0.6 is 0 Å². The third-order valence-corrected chi connectivity index (χ3v) is 2.73. The van der Waals surface area contributed by atoms with Crippen molar-refractivity contribution in [1.29, 1.82) is 0 Å². The first kappa shape index (κ1) is 16.8. The number of para-hydroxylation sites is 1. The molecule has 1 aromatic carbocycles. The molecule has 2 amide bonds. The van der Waals surface area contributed by atoms with Crippen molar-refractivity contribution < 1.29 is 24.2 Å². The summed E-state index contributed by atoms with van der Waals surface area (Å²) in [6, 6.07) is 4.63. The van der Waals surface area contributed by atoms with Crippen LogP contribution in [0.15, 0.2) is 18.2 Å². The highest BCUT2D eigenvalue weighted by Crippen LogP contribution is 2.28. The molecule has 0 unspecified atom stereocenters. The average molecular weight is 296 g/mol. The molecular formula is C14H20N2O5. The van der Waals surface area contributed by atoms with Crippen LogP contribution in [0.5, 0.6) is 11.5 Å². The maximum Gasteiger partial charge on any atom is 0.255 e. The highest BCUT2D eigenvalue weighted by molar-refractivity contribution is 5.97. The Bertz CT molecular complexity index is 490. The fourth-order valence-electron chi connectivity index (χ4n) is 1.64. The van der Waals surface area contributed by atoms with Crippen molar-refractivity contribution in [3.8, 4) is 11.5 Å². The van der Waals surface area contributed by atoms with Crippen LogP contribution in [0.4, 0.5) is 0 Å². The van der Waals surface area contributed by atoms with E-state index in [4.69, 9.17) is 9.47 Å². The van der Waals surface area contributed by atoms with Crippen LogP contribution < -0.4 is 15.4 Å². The van der Waals surface area contributed by atoms with Crippen molar-refractivity contribution in [2.75, 3.05) is 33.9 Å². The third kappa shape index (κ3) is 5.31. The fourth-order valence-corrected chi connectivity index (χ4v) is 1.64. The van der Waals surface area contributed by atoms with Gasteiger partial charge in [-0.05, 0) is 12.1 Å². The summed E-state index contributed by atoms with van der Waals surface area (Å²) < 4.78 is 9.73. The third-order valence-electron chi connectivity index (χ3n) is 2.73. The van der Waals surface area contributed by atoms with Crippen LogP contribution in [0.1, 0.15) is 16.8 Å². The van der Waals surface area contributed by atoms with E-state index in [1.165, 1.54) is 13.2 Å². The molecule has 7 nitrogen and oxygen atoms in total. The Labute approximate surface area is 123 Å². The number of amides is 2.